The summed E-state index contributed by atoms with van der Waals surface area (Å²) < 4.78 is 0.882. The Balaban J connectivity index is 2.15. The molecule has 17 heavy (non-hydrogen) atoms. The van der Waals surface area contributed by atoms with E-state index in [1.165, 1.54) is 18.0 Å². The van der Waals surface area contributed by atoms with Gasteiger partial charge in [-0.3, -0.25) is 0 Å². The van der Waals surface area contributed by atoms with Gasteiger partial charge in [0.2, 0.25) is 0 Å². The summed E-state index contributed by atoms with van der Waals surface area (Å²) in [6.07, 6.45) is 3.58. The average Bonchev–Trinajstić information content (AvgIpc) is 2.33. The summed E-state index contributed by atoms with van der Waals surface area (Å²) in [6, 6.07) is 15.5. The molecule has 1 aromatic carbocycles. The van der Waals surface area contributed by atoms with Crippen molar-refractivity contribution in [1.29, 1.82) is 0 Å². The van der Waals surface area contributed by atoms with Gasteiger partial charge in [-0.2, -0.15) is 4.73 Å². The standard InChI is InChI=1S/C14H13NOS/c1-12(11-13-7-3-2-4-8-13)17-14-9-5-6-10-15(14)16/h2-11H,1H3. The minimum Gasteiger partial charge on any atom is -0.618 e. The van der Waals surface area contributed by atoms with Crippen molar-refractivity contribution >= 4 is 17.8 Å². The SMILES string of the molecule is CC(=Cc1ccccc1)Sc1cccc[n+]1[O-]. The maximum absolute atomic E-state index is 11.5. The molecule has 0 radical (unpaired) electrons. The third-order valence-electron chi connectivity index (χ3n) is 2.22. The zero-order valence-electron chi connectivity index (χ0n) is 9.54. The fraction of sp³-hybridized carbons (Fsp3) is 0.0714. The van der Waals surface area contributed by atoms with Gasteiger partial charge in [-0.15, -0.1) is 0 Å². The number of rotatable bonds is 3. The Morgan fingerprint density at radius 1 is 1.12 bits per heavy atom. The highest BCUT2D eigenvalue weighted by Crippen LogP contribution is 2.24. The highest BCUT2D eigenvalue weighted by Gasteiger charge is 2.04. The minimum atomic E-state index is 0.692. The number of pyridine rings is 1. The van der Waals surface area contributed by atoms with Crippen molar-refractivity contribution in [3.05, 3.63) is 70.4 Å². The van der Waals surface area contributed by atoms with Crippen molar-refractivity contribution in [3.8, 4) is 0 Å². The molecule has 0 unspecified atom stereocenters. The fourth-order valence-corrected chi connectivity index (χ4v) is 2.29. The molecule has 0 aliphatic rings. The van der Waals surface area contributed by atoms with E-state index >= 15 is 0 Å². The van der Waals surface area contributed by atoms with Gasteiger partial charge in [-0.05, 0) is 41.3 Å². The zero-order chi connectivity index (χ0) is 12.1. The molecule has 1 heterocycles. The first-order chi connectivity index (χ1) is 8.25. The van der Waals surface area contributed by atoms with E-state index < -0.39 is 0 Å². The van der Waals surface area contributed by atoms with Crippen molar-refractivity contribution in [2.24, 2.45) is 0 Å². The second kappa shape index (κ2) is 5.55. The lowest BCUT2D eigenvalue weighted by atomic mass is 10.2. The van der Waals surface area contributed by atoms with Gasteiger partial charge in [0.15, 0.2) is 6.20 Å². The quantitative estimate of drug-likeness (QED) is 0.469. The first-order valence-corrected chi connectivity index (χ1v) is 6.17. The highest BCUT2D eigenvalue weighted by molar-refractivity contribution is 8.03. The number of hydrogen-bond donors (Lipinski definition) is 0. The summed E-state index contributed by atoms with van der Waals surface area (Å²) in [4.78, 5) is 1.09. The van der Waals surface area contributed by atoms with Crippen LogP contribution in [0.1, 0.15) is 12.5 Å². The smallest absolute Gasteiger partial charge is 0.255 e. The fourth-order valence-electron chi connectivity index (χ4n) is 1.47. The van der Waals surface area contributed by atoms with Crippen LogP contribution in [0, 0.1) is 5.21 Å². The molecule has 0 saturated carbocycles. The molecule has 0 aliphatic heterocycles. The largest absolute Gasteiger partial charge is 0.618 e. The van der Waals surface area contributed by atoms with Crippen molar-refractivity contribution < 1.29 is 4.73 Å². The molecule has 1 aromatic heterocycles. The molecule has 0 fully saturated rings. The summed E-state index contributed by atoms with van der Waals surface area (Å²) >= 11 is 1.48. The lowest BCUT2D eigenvalue weighted by molar-refractivity contribution is -0.645. The molecule has 2 rings (SSSR count). The first-order valence-electron chi connectivity index (χ1n) is 5.35. The van der Waals surface area contributed by atoms with Crippen LogP contribution >= 0.6 is 11.8 Å². The van der Waals surface area contributed by atoms with E-state index in [9.17, 15) is 5.21 Å². The van der Waals surface area contributed by atoms with E-state index in [0.29, 0.717) is 5.03 Å². The molecule has 0 bridgehead atoms. The number of aromatic nitrogens is 1. The van der Waals surface area contributed by atoms with Gasteiger partial charge in [0.25, 0.3) is 5.03 Å². The molecular weight excluding hydrogens is 230 g/mol. The van der Waals surface area contributed by atoms with Crippen molar-refractivity contribution in [1.82, 2.24) is 0 Å². The van der Waals surface area contributed by atoms with Gasteiger partial charge in [-0.1, -0.05) is 30.3 Å². The topological polar surface area (TPSA) is 26.9 Å². The van der Waals surface area contributed by atoms with Crippen LogP contribution in [0.3, 0.4) is 0 Å². The number of nitrogens with zero attached hydrogens (tertiary/aromatic N) is 1. The first kappa shape index (κ1) is 11.7. The van der Waals surface area contributed by atoms with Crippen LogP contribution in [-0.4, -0.2) is 0 Å². The maximum atomic E-state index is 11.5. The molecule has 86 valence electrons. The predicted molar refractivity (Wildman–Crippen MR) is 71.4 cm³/mol. The van der Waals surface area contributed by atoms with Crippen LogP contribution in [0.4, 0.5) is 0 Å². The van der Waals surface area contributed by atoms with Gasteiger partial charge in [0.05, 0.1) is 0 Å². The number of allylic oxidation sites excluding steroid dienone is 1. The van der Waals surface area contributed by atoms with Crippen LogP contribution < -0.4 is 4.73 Å². The maximum Gasteiger partial charge on any atom is 0.255 e. The van der Waals surface area contributed by atoms with E-state index in [1.54, 1.807) is 6.07 Å². The molecule has 0 N–H and O–H groups in total. The number of thioether (sulfide) groups is 1. The summed E-state index contributed by atoms with van der Waals surface area (Å²) in [5.74, 6) is 0. The third kappa shape index (κ3) is 3.36. The molecule has 2 nitrogen and oxygen atoms in total. The van der Waals surface area contributed by atoms with Crippen LogP contribution in [-0.2, 0) is 0 Å². The second-order valence-electron chi connectivity index (χ2n) is 3.63. The molecule has 0 atom stereocenters. The van der Waals surface area contributed by atoms with Gasteiger partial charge in [0, 0.05) is 12.1 Å². The Morgan fingerprint density at radius 2 is 1.82 bits per heavy atom. The summed E-state index contributed by atoms with van der Waals surface area (Å²) in [5, 5.41) is 12.2. The van der Waals surface area contributed by atoms with Crippen LogP contribution in [0.15, 0.2) is 64.7 Å². The normalized spacial score (nSPS) is 11.5. The van der Waals surface area contributed by atoms with Crippen molar-refractivity contribution in [2.75, 3.05) is 0 Å². The summed E-state index contributed by atoms with van der Waals surface area (Å²) in [7, 11) is 0. The van der Waals surface area contributed by atoms with E-state index in [1.807, 2.05) is 49.4 Å². The van der Waals surface area contributed by atoms with Crippen LogP contribution in [0.2, 0.25) is 0 Å². The number of hydrogen-bond acceptors (Lipinski definition) is 2. The van der Waals surface area contributed by atoms with Crippen LogP contribution in [0.5, 0.6) is 0 Å². The van der Waals surface area contributed by atoms with E-state index in [-0.39, 0.29) is 0 Å². The van der Waals surface area contributed by atoms with Gasteiger partial charge in [0.1, 0.15) is 0 Å². The van der Waals surface area contributed by atoms with Crippen LogP contribution in [0.25, 0.3) is 6.08 Å². The van der Waals surface area contributed by atoms with Gasteiger partial charge in [-0.25, -0.2) is 0 Å². The van der Waals surface area contributed by atoms with Gasteiger partial charge < -0.3 is 5.21 Å². The lowest BCUT2D eigenvalue weighted by Crippen LogP contribution is -2.27. The number of benzene rings is 1. The highest BCUT2D eigenvalue weighted by atomic mass is 32.2. The molecular formula is C14H13NOS. The average molecular weight is 243 g/mol. The van der Waals surface area contributed by atoms with Gasteiger partial charge >= 0.3 is 0 Å². The molecule has 0 amide bonds. The Kier molecular flexibility index (Phi) is 3.83. The Labute approximate surface area is 105 Å². The molecule has 3 heteroatoms. The predicted octanol–water partition coefficient (Wildman–Crippen LogP) is 3.47. The summed E-state index contributed by atoms with van der Waals surface area (Å²) in [5.41, 5.74) is 1.14. The third-order valence-corrected chi connectivity index (χ3v) is 3.19. The van der Waals surface area contributed by atoms with E-state index in [0.717, 1.165) is 15.2 Å². The molecule has 0 spiro atoms. The monoisotopic (exact) mass is 243 g/mol. The van der Waals surface area contributed by atoms with E-state index in [2.05, 4.69) is 6.08 Å². The zero-order valence-corrected chi connectivity index (χ0v) is 10.4. The minimum absolute atomic E-state index is 0.692. The molecule has 0 saturated heterocycles. The Hall–Kier alpha value is -1.74. The Bertz CT molecular complexity index is 523. The molecule has 2 aromatic rings. The van der Waals surface area contributed by atoms with Crippen molar-refractivity contribution in [2.45, 2.75) is 11.9 Å². The lowest BCUT2D eigenvalue weighted by Gasteiger charge is -2.03. The summed E-state index contributed by atoms with van der Waals surface area (Å²) in [6.45, 7) is 2.00. The van der Waals surface area contributed by atoms with Crippen molar-refractivity contribution in [3.63, 3.8) is 0 Å². The van der Waals surface area contributed by atoms with E-state index in [4.69, 9.17) is 0 Å². The second-order valence-corrected chi connectivity index (χ2v) is 4.90. The molecule has 0 aliphatic carbocycles. The Morgan fingerprint density at radius 3 is 2.53 bits per heavy atom.